The SMILES string of the molecule is Cc1cc2nc(CC[C@H](N)C(=O)NO)n(-c3ccccc3)c2cc1C. The van der Waals surface area contributed by atoms with Crippen LogP contribution in [0.1, 0.15) is 23.4 Å². The Kier molecular flexibility index (Phi) is 4.83. The van der Waals surface area contributed by atoms with Gasteiger partial charge in [-0.15, -0.1) is 0 Å². The van der Waals surface area contributed by atoms with Gasteiger partial charge in [-0.3, -0.25) is 14.6 Å². The largest absolute Gasteiger partial charge is 0.320 e. The average molecular weight is 338 g/mol. The molecule has 0 aliphatic heterocycles. The van der Waals surface area contributed by atoms with Crippen LogP contribution in [-0.4, -0.2) is 26.7 Å². The van der Waals surface area contributed by atoms with Crippen molar-refractivity contribution >= 4 is 16.9 Å². The number of aromatic nitrogens is 2. The van der Waals surface area contributed by atoms with Gasteiger partial charge in [-0.2, -0.15) is 0 Å². The van der Waals surface area contributed by atoms with Crippen LogP contribution in [0, 0.1) is 13.8 Å². The van der Waals surface area contributed by atoms with E-state index in [4.69, 9.17) is 15.9 Å². The van der Waals surface area contributed by atoms with Crippen LogP contribution in [0.5, 0.6) is 0 Å². The maximum absolute atomic E-state index is 11.4. The van der Waals surface area contributed by atoms with Crippen molar-refractivity contribution in [2.24, 2.45) is 5.73 Å². The second-order valence-corrected chi connectivity index (χ2v) is 6.25. The lowest BCUT2D eigenvalue weighted by Gasteiger charge is -2.12. The molecule has 1 heterocycles. The molecule has 3 aromatic rings. The van der Waals surface area contributed by atoms with E-state index in [1.54, 1.807) is 5.48 Å². The van der Waals surface area contributed by atoms with Crippen molar-refractivity contribution in [3.05, 3.63) is 59.4 Å². The summed E-state index contributed by atoms with van der Waals surface area (Å²) in [4.78, 5) is 16.2. The number of carbonyl (C=O) groups excluding carboxylic acids is 1. The molecule has 0 saturated heterocycles. The Hall–Kier alpha value is -2.70. The van der Waals surface area contributed by atoms with Crippen LogP contribution in [0.4, 0.5) is 0 Å². The molecule has 6 nitrogen and oxygen atoms in total. The molecule has 0 bridgehead atoms. The lowest BCUT2D eigenvalue weighted by Crippen LogP contribution is -2.39. The van der Waals surface area contributed by atoms with Crippen molar-refractivity contribution in [3.63, 3.8) is 0 Å². The van der Waals surface area contributed by atoms with Crippen molar-refractivity contribution in [2.75, 3.05) is 0 Å². The number of imidazole rings is 1. The summed E-state index contributed by atoms with van der Waals surface area (Å²) in [5, 5.41) is 8.71. The van der Waals surface area contributed by atoms with Crippen molar-refractivity contribution in [1.82, 2.24) is 15.0 Å². The molecule has 3 rings (SSSR count). The standard InChI is InChI=1S/C19H22N4O2/c1-12-10-16-17(11-13(12)2)23(14-6-4-3-5-7-14)18(21-16)9-8-15(20)19(24)22-25/h3-7,10-11,15,25H,8-9,20H2,1-2H3,(H,22,24)/t15-/m0/s1. The second-order valence-electron chi connectivity index (χ2n) is 6.25. The number of hydrogen-bond donors (Lipinski definition) is 3. The van der Waals surface area contributed by atoms with Gasteiger partial charge >= 0.3 is 0 Å². The summed E-state index contributed by atoms with van der Waals surface area (Å²) in [6.07, 6.45) is 0.913. The van der Waals surface area contributed by atoms with Gasteiger partial charge in [-0.1, -0.05) is 18.2 Å². The van der Waals surface area contributed by atoms with Crippen LogP contribution in [0.25, 0.3) is 16.7 Å². The Morgan fingerprint density at radius 1 is 1.24 bits per heavy atom. The Morgan fingerprint density at radius 2 is 1.92 bits per heavy atom. The summed E-state index contributed by atoms with van der Waals surface area (Å²) in [7, 11) is 0. The summed E-state index contributed by atoms with van der Waals surface area (Å²) in [5.74, 6) is 0.251. The summed E-state index contributed by atoms with van der Waals surface area (Å²) < 4.78 is 2.10. The van der Waals surface area contributed by atoms with Gasteiger partial charge in [0.2, 0.25) is 0 Å². The fourth-order valence-corrected chi connectivity index (χ4v) is 2.91. The fraction of sp³-hybridized carbons (Fsp3) is 0.263. The van der Waals surface area contributed by atoms with Crippen LogP contribution in [-0.2, 0) is 11.2 Å². The van der Waals surface area contributed by atoms with Crippen molar-refractivity contribution < 1.29 is 10.0 Å². The Bertz CT molecular complexity index is 903. The Morgan fingerprint density at radius 3 is 2.60 bits per heavy atom. The number of aryl methyl sites for hydroxylation is 3. The molecule has 130 valence electrons. The number of fused-ring (bicyclic) bond motifs is 1. The van der Waals surface area contributed by atoms with E-state index in [1.807, 2.05) is 30.3 Å². The van der Waals surface area contributed by atoms with E-state index >= 15 is 0 Å². The van der Waals surface area contributed by atoms with Gasteiger partial charge < -0.3 is 5.73 Å². The maximum Gasteiger partial charge on any atom is 0.260 e. The lowest BCUT2D eigenvalue weighted by atomic mass is 10.1. The van der Waals surface area contributed by atoms with Gasteiger partial charge in [0.15, 0.2) is 0 Å². The third-order valence-corrected chi connectivity index (χ3v) is 4.48. The maximum atomic E-state index is 11.4. The molecule has 0 unspecified atom stereocenters. The Balaban J connectivity index is 2.06. The molecule has 1 amide bonds. The molecule has 0 spiro atoms. The van der Waals surface area contributed by atoms with Gasteiger partial charge in [0.25, 0.3) is 5.91 Å². The van der Waals surface area contributed by atoms with Gasteiger partial charge in [-0.05, 0) is 55.7 Å². The number of para-hydroxylation sites is 1. The minimum Gasteiger partial charge on any atom is -0.320 e. The normalized spacial score (nSPS) is 12.3. The number of nitrogens with zero attached hydrogens (tertiary/aromatic N) is 2. The average Bonchev–Trinajstić information content (AvgIpc) is 2.97. The fourth-order valence-electron chi connectivity index (χ4n) is 2.91. The molecule has 0 fully saturated rings. The first kappa shape index (κ1) is 17.1. The highest BCUT2D eigenvalue weighted by molar-refractivity contribution is 5.81. The molecule has 0 aliphatic rings. The summed E-state index contributed by atoms with van der Waals surface area (Å²) in [5.41, 5.74) is 12.8. The second kappa shape index (κ2) is 7.04. The summed E-state index contributed by atoms with van der Waals surface area (Å²) in [6.45, 7) is 4.15. The topological polar surface area (TPSA) is 93.2 Å². The molecule has 25 heavy (non-hydrogen) atoms. The minimum atomic E-state index is -0.780. The van der Waals surface area contributed by atoms with E-state index in [9.17, 15) is 4.79 Å². The number of nitrogens with one attached hydrogen (secondary N) is 1. The molecule has 1 aromatic heterocycles. The molecular weight excluding hydrogens is 316 g/mol. The van der Waals surface area contributed by atoms with Crippen molar-refractivity contribution in [1.29, 1.82) is 0 Å². The van der Waals surface area contributed by atoms with E-state index in [1.165, 1.54) is 11.1 Å². The molecule has 0 aliphatic carbocycles. The van der Waals surface area contributed by atoms with Crippen molar-refractivity contribution in [3.8, 4) is 5.69 Å². The zero-order chi connectivity index (χ0) is 18.0. The molecule has 0 radical (unpaired) electrons. The van der Waals surface area contributed by atoms with Gasteiger partial charge in [0.05, 0.1) is 17.1 Å². The predicted molar refractivity (Wildman–Crippen MR) is 96.8 cm³/mol. The third-order valence-electron chi connectivity index (χ3n) is 4.48. The Labute approximate surface area is 146 Å². The molecule has 4 N–H and O–H groups in total. The van der Waals surface area contributed by atoms with E-state index < -0.39 is 11.9 Å². The van der Waals surface area contributed by atoms with E-state index in [-0.39, 0.29) is 0 Å². The molecule has 6 heteroatoms. The summed E-state index contributed by atoms with van der Waals surface area (Å²) >= 11 is 0. The number of carbonyl (C=O) groups is 1. The number of benzene rings is 2. The van der Waals surface area contributed by atoms with Crippen LogP contribution in [0.15, 0.2) is 42.5 Å². The first-order valence-electron chi connectivity index (χ1n) is 8.24. The van der Waals surface area contributed by atoms with Crippen LogP contribution in [0.2, 0.25) is 0 Å². The number of hydrogen-bond acceptors (Lipinski definition) is 4. The third kappa shape index (κ3) is 3.40. The lowest BCUT2D eigenvalue weighted by molar-refractivity contribution is -0.130. The van der Waals surface area contributed by atoms with Crippen LogP contribution >= 0.6 is 0 Å². The zero-order valence-electron chi connectivity index (χ0n) is 14.4. The highest BCUT2D eigenvalue weighted by atomic mass is 16.5. The number of rotatable bonds is 5. The van der Waals surface area contributed by atoms with E-state index in [2.05, 4.69) is 30.5 Å². The monoisotopic (exact) mass is 338 g/mol. The first-order valence-corrected chi connectivity index (χ1v) is 8.24. The highest BCUT2D eigenvalue weighted by Crippen LogP contribution is 2.25. The highest BCUT2D eigenvalue weighted by Gasteiger charge is 2.17. The van der Waals surface area contributed by atoms with Crippen LogP contribution < -0.4 is 11.2 Å². The quantitative estimate of drug-likeness (QED) is 0.492. The molecule has 0 saturated carbocycles. The molecular formula is C19H22N4O2. The first-order chi connectivity index (χ1) is 12.0. The zero-order valence-corrected chi connectivity index (χ0v) is 14.4. The van der Waals surface area contributed by atoms with E-state index in [0.717, 1.165) is 22.5 Å². The number of amides is 1. The molecule has 2 aromatic carbocycles. The number of nitrogens with two attached hydrogens (primary N) is 1. The minimum absolute atomic E-state index is 0.389. The van der Waals surface area contributed by atoms with Gasteiger partial charge in [0.1, 0.15) is 5.82 Å². The van der Waals surface area contributed by atoms with Crippen LogP contribution in [0.3, 0.4) is 0 Å². The predicted octanol–water partition coefficient (Wildman–Crippen LogP) is 2.41. The van der Waals surface area contributed by atoms with Crippen molar-refractivity contribution in [2.45, 2.75) is 32.7 Å². The van der Waals surface area contributed by atoms with Gasteiger partial charge in [-0.25, -0.2) is 10.5 Å². The van der Waals surface area contributed by atoms with E-state index in [0.29, 0.717) is 12.8 Å². The smallest absolute Gasteiger partial charge is 0.260 e. The summed E-state index contributed by atoms with van der Waals surface area (Å²) in [6, 6.07) is 13.4. The van der Waals surface area contributed by atoms with Gasteiger partial charge in [0, 0.05) is 12.1 Å². The molecule has 1 atom stereocenters. The number of hydroxylamine groups is 1.